The molecule has 1 heterocycles. The lowest BCUT2D eigenvalue weighted by atomic mass is 10.0. The number of hydrogen-bond donors (Lipinski definition) is 0. The van der Waals surface area contributed by atoms with Gasteiger partial charge < -0.3 is 24.2 Å². The highest BCUT2D eigenvalue weighted by Gasteiger charge is 2.34. The summed E-state index contributed by atoms with van der Waals surface area (Å²) in [5.41, 5.74) is 5.22. The molecule has 0 aromatic heterocycles. The molecule has 0 bridgehead atoms. The van der Waals surface area contributed by atoms with Crippen LogP contribution in [0.2, 0.25) is 0 Å². The molecule has 1 atom stereocenters. The molecule has 53 heavy (non-hydrogen) atoms. The molecule has 4 aromatic rings. The number of hydrogen-bond acceptors (Lipinski definition) is 5. The Morgan fingerprint density at radius 3 is 1.98 bits per heavy atom. The van der Waals surface area contributed by atoms with Crippen molar-refractivity contribution in [1.29, 1.82) is 0 Å². The van der Waals surface area contributed by atoms with Crippen LogP contribution in [-0.4, -0.2) is 68.1 Å². The van der Waals surface area contributed by atoms with Gasteiger partial charge in [0.1, 0.15) is 17.5 Å². The second kappa shape index (κ2) is 23.5. The van der Waals surface area contributed by atoms with Crippen molar-refractivity contribution >= 4 is 23.6 Å². The first-order valence-electron chi connectivity index (χ1n) is 19.4. The second-order valence-corrected chi connectivity index (χ2v) is 12.6. The molecule has 1 fully saturated rings. The lowest BCUT2D eigenvalue weighted by Gasteiger charge is -2.40. The third-order valence-electron chi connectivity index (χ3n) is 9.18. The van der Waals surface area contributed by atoms with Gasteiger partial charge in [-0.2, -0.15) is 0 Å². The summed E-state index contributed by atoms with van der Waals surface area (Å²) in [5.74, 6) is 1.28. The normalized spacial score (nSPS) is 12.9. The lowest BCUT2D eigenvalue weighted by molar-refractivity contribution is -0.144. The SMILES string of the molecule is CC.CC.CCCCCc1ccc(CN(C(=O)/C=C/c2cccc(OC)c2)[C@@H](Cc2ccccc2)C(=O)N2CCN(c3cccc(OC)c3)CC2)cc1. The van der Waals surface area contributed by atoms with E-state index in [2.05, 4.69) is 42.2 Å². The van der Waals surface area contributed by atoms with E-state index in [1.54, 1.807) is 31.3 Å². The number of nitrogens with zero attached hydrogens (tertiary/aromatic N) is 3. The zero-order valence-electron chi connectivity index (χ0n) is 33.1. The molecule has 0 spiro atoms. The molecule has 5 rings (SSSR count). The summed E-state index contributed by atoms with van der Waals surface area (Å²) in [7, 11) is 3.30. The minimum absolute atomic E-state index is 0.0338. The summed E-state index contributed by atoms with van der Waals surface area (Å²) in [5, 5.41) is 0. The van der Waals surface area contributed by atoms with Crippen LogP contribution in [0.3, 0.4) is 0 Å². The molecule has 0 unspecified atom stereocenters. The lowest BCUT2D eigenvalue weighted by Crippen LogP contribution is -2.56. The van der Waals surface area contributed by atoms with Gasteiger partial charge in [-0.15, -0.1) is 0 Å². The Kier molecular flexibility index (Phi) is 18.8. The molecule has 284 valence electrons. The third-order valence-corrected chi connectivity index (χ3v) is 9.18. The number of aryl methyl sites for hydroxylation is 1. The van der Waals surface area contributed by atoms with Crippen LogP contribution in [-0.2, 0) is 29.0 Å². The number of unbranched alkanes of at least 4 members (excludes halogenated alkanes) is 2. The first-order valence-corrected chi connectivity index (χ1v) is 19.4. The first kappa shape index (κ1) is 42.4. The van der Waals surface area contributed by atoms with Crippen molar-refractivity contribution in [3.63, 3.8) is 0 Å². The van der Waals surface area contributed by atoms with E-state index in [9.17, 15) is 9.59 Å². The molecule has 4 aromatic carbocycles. The fraction of sp³-hybridized carbons (Fsp3) is 0.391. The van der Waals surface area contributed by atoms with E-state index in [4.69, 9.17) is 9.47 Å². The van der Waals surface area contributed by atoms with Crippen molar-refractivity contribution in [3.8, 4) is 11.5 Å². The smallest absolute Gasteiger partial charge is 0.247 e. The minimum atomic E-state index is -0.683. The van der Waals surface area contributed by atoms with E-state index in [1.165, 1.54) is 18.4 Å². The molecular weight excluding hydrogens is 659 g/mol. The summed E-state index contributed by atoms with van der Waals surface area (Å²) < 4.78 is 10.8. The van der Waals surface area contributed by atoms with Crippen LogP contribution < -0.4 is 14.4 Å². The number of amides is 2. The highest BCUT2D eigenvalue weighted by atomic mass is 16.5. The van der Waals surface area contributed by atoms with Crippen molar-refractivity contribution in [2.75, 3.05) is 45.3 Å². The van der Waals surface area contributed by atoms with Gasteiger partial charge in [-0.1, -0.05) is 120 Å². The highest BCUT2D eigenvalue weighted by molar-refractivity contribution is 5.96. The van der Waals surface area contributed by atoms with Crippen LogP contribution in [0, 0.1) is 0 Å². The van der Waals surface area contributed by atoms with Gasteiger partial charge in [-0.05, 0) is 65.4 Å². The number of ether oxygens (including phenoxy) is 2. The van der Waals surface area contributed by atoms with Crippen LogP contribution in [0.1, 0.15) is 76.1 Å². The maximum atomic E-state index is 14.6. The van der Waals surface area contributed by atoms with Crippen molar-refractivity contribution in [2.24, 2.45) is 0 Å². The molecule has 7 nitrogen and oxygen atoms in total. The van der Waals surface area contributed by atoms with E-state index in [0.29, 0.717) is 39.1 Å². The summed E-state index contributed by atoms with van der Waals surface area (Å²) >= 11 is 0. The Labute approximate surface area is 319 Å². The Morgan fingerprint density at radius 1 is 0.717 bits per heavy atom. The number of methoxy groups -OCH3 is 2. The largest absolute Gasteiger partial charge is 0.497 e. The van der Waals surface area contributed by atoms with Crippen molar-refractivity contribution in [1.82, 2.24) is 9.80 Å². The number of piperazine rings is 1. The summed E-state index contributed by atoms with van der Waals surface area (Å²) in [4.78, 5) is 34.8. The van der Waals surface area contributed by atoms with Crippen molar-refractivity contribution in [2.45, 2.75) is 79.3 Å². The predicted molar refractivity (Wildman–Crippen MR) is 221 cm³/mol. The molecule has 1 saturated heterocycles. The minimum Gasteiger partial charge on any atom is -0.497 e. The Hall–Kier alpha value is -5.04. The Morgan fingerprint density at radius 2 is 1.34 bits per heavy atom. The molecule has 2 amide bonds. The van der Waals surface area contributed by atoms with Gasteiger partial charge in [0, 0.05) is 57.0 Å². The summed E-state index contributed by atoms with van der Waals surface area (Å²) in [6.07, 6.45) is 8.40. The molecule has 0 radical (unpaired) electrons. The van der Waals surface area contributed by atoms with E-state index in [0.717, 1.165) is 46.7 Å². The quantitative estimate of drug-likeness (QED) is 0.0905. The van der Waals surface area contributed by atoms with Crippen LogP contribution in [0.5, 0.6) is 11.5 Å². The van der Waals surface area contributed by atoms with Crippen LogP contribution in [0.4, 0.5) is 5.69 Å². The van der Waals surface area contributed by atoms with Gasteiger partial charge in [0.25, 0.3) is 0 Å². The topological polar surface area (TPSA) is 62.3 Å². The molecular formula is C46H61N3O4. The van der Waals surface area contributed by atoms with Crippen LogP contribution >= 0.6 is 0 Å². The molecule has 0 N–H and O–H groups in total. The summed E-state index contributed by atoms with van der Waals surface area (Å²) in [6.45, 7) is 13.1. The number of rotatable bonds is 15. The van der Waals surface area contributed by atoms with Gasteiger partial charge >= 0.3 is 0 Å². The average molecular weight is 720 g/mol. The fourth-order valence-electron chi connectivity index (χ4n) is 6.31. The van der Waals surface area contributed by atoms with Crippen LogP contribution in [0.15, 0.2) is 109 Å². The third kappa shape index (κ3) is 13.2. The van der Waals surface area contributed by atoms with E-state index in [1.807, 2.05) is 105 Å². The maximum absolute atomic E-state index is 14.6. The van der Waals surface area contributed by atoms with Crippen LogP contribution in [0.25, 0.3) is 6.08 Å². The average Bonchev–Trinajstić information content (AvgIpc) is 3.23. The highest BCUT2D eigenvalue weighted by Crippen LogP contribution is 2.24. The summed E-state index contributed by atoms with van der Waals surface area (Å²) in [6, 6.07) is 33.4. The maximum Gasteiger partial charge on any atom is 0.247 e. The van der Waals surface area contributed by atoms with Gasteiger partial charge in [0.05, 0.1) is 14.2 Å². The molecule has 0 saturated carbocycles. The predicted octanol–water partition coefficient (Wildman–Crippen LogP) is 9.49. The number of carbonyl (C=O) groups excluding carboxylic acids is 2. The number of carbonyl (C=O) groups is 2. The van der Waals surface area contributed by atoms with Gasteiger partial charge in [0.2, 0.25) is 11.8 Å². The molecule has 1 aliphatic rings. The zero-order chi connectivity index (χ0) is 38.4. The van der Waals surface area contributed by atoms with Crippen molar-refractivity contribution in [3.05, 3.63) is 131 Å². The standard InChI is InChI=1S/C42H49N3O4.2C2H6/c1-4-5-7-12-33-19-21-36(22-20-33)32-45(41(46)24-23-35-15-10-17-38(29-35)48-2)40(30-34-13-8-6-9-14-34)42(47)44-27-25-43(26-28-44)37-16-11-18-39(31-37)49-3;2*1-2/h6,8-11,13-24,29,31,40H,4-5,7,12,25-28,30,32H2,1-3H3;2*1-2H3/b24-23+;;/t40-;;/m0../s1. The molecule has 0 aliphatic carbocycles. The second-order valence-electron chi connectivity index (χ2n) is 12.6. The van der Waals surface area contributed by atoms with Gasteiger partial charge in [0.15, 0.2) is 0 Å². The Balaban J connectivity index is 0.00000183. The Bertz CT molecular complexity index is 1660. The number of anilines is 1. The van der Waals surface area contributed by atoms with E-state index >= 15 is 0 Å². The first-order chi connectivity index (χ1) is 26.0. The fourth-order valence-corrected chi connectivity index (χ4v) is 6.31. The molecule has 7 heteroatoms. The monoisotopic (exact) mass is 719 g/mol. The van der Waals surface area contributed by atoms with E-state index in [-0.39, 0.29) is 11.8 Å². The van der Waals surface area contributed by atoms with Crippen molar-refractivity contribution < 1.29 is 19.1 Å². The van der Waals surface area contributed by atoms with E-state index < -0.39 is 6.04 Å². The van der Waals surface area contributed by atoms with Gasteiger partial charge in [-0.3, -0.25) is 9.59 Å². The molecule has 1 aliphatic heterocycles. The number of benzene rings is 4. The van der Waals surface area contributed by atoms with Gasteiger partial charge in [-0.25, -0.2) is 0 Å². The zero-order valence-corrected chi connectivity index (χ0v) is 33.1.